The van der Waals surface area contributed by atoms with Crippen LogP contribution in [0.4, 0.5) is 0 Å². The molecule has 0 aliphatic rings. The number of pyridine rings is 1. The van der Waals surface area contributed by atoms with Crippen LogP contribution in [0.1, 0.15) is 5.69 Å². The topological polar surface area (TPSA) is 62.5 Å². The molecule has 0 amide bonds. The van der Waals surface area contributed by atoms with Crippen molar-refractivity contribution in [2.45, 2.75) is 0 Å². The van der Waals surface area contributed by atoms with E-state index in [4.69, 9.17) is 5.26 Å². The number of rotatable bonds is 1. The molecule has 2 aromatic rings. The average Bonchev–Trinajstić information content (AvgIpc) is 2.30. The Morgan fingerprint density at radius 3 is 2.43 bits per heavy atom. The first-order chi connectivity index (χ1) is 6.90. The molecule has 0 aliphatic carbocycles. The minimum absolute atomic E-state index is 0.413. The molecule has 0 fully saturated rings. The Balaban J connectivity index is 2.40. The molecular weight excluding hydrogens is 176 g/mol. The lowest BCUT2D eigenvalue weighted by molar-refractivity contribution is 1.03. The molecule has 0 radical (unpaired) electrons. The van der Waals surface area contributed by atoms with Crippen molar-refractivity contribution in [2.75, 3.05) is 0 Å². The van der Waals surface area contributed by atoms with E-state index >= 15 is 0 Å². The van der Waals surface area contributed by atoms with Gasteiger partial charge in [0.15, 0.2) is 0 Å². The molecular formula is C10H6N4. The Bertz CT molecular complexity index is 456. The van der Waals surface area contributed by atoms with Gasteiger partial charge in [0.1, 0.15) is 11.8 Å². The van der Waals surface area contributed by atoms with Crippen molar-refractivity contribution in [3.8, 4) is 17.2 Å². The van der Waals surface area contributed by atoms with Gasteiger partial charge in [-0.05, 0) is 18.2 Å². The zero-order chi connectivity index (χ0) is 9.80. The summed E-state index contributed by atoms with van der Waals surface area (Å²) in [5.74, 6) is 0. The van der Waals surface area contributed by atoms with Crippen LogP contribution in [0.25, 0.3) is 11.1 Å². The van der Waals surface area contributed by atoms with E-state index in [0.29, 0.717) is 5.69 Å². The predicted octanol–water partition coefficient (Wildman–Crippen LogP) is 1.41. The van der Waals surface area contributed by atoms with Crippen LogP contribution in [0.5, 0.6) is 0 Å². The molecule has 2 heterocycles. The van der Waals surface area contributed by atoms with Gasteiger partial charge in [-0.15, -0.1) is 0 Å². The van der Waals surface area contributed by atoms with Gasteiger partial charge in [0, 0.05) is 17.3 Å². The Morgan fingerprint density at radius 1 is 1.00 bits per heavy atom. The molecule has 66 valence electrons. The largest absolute Gasteiger partial charge is 0.245 e. The highest BCUT2D eigenvalue weighted by Crippen LogP contribution is 2.15. The van der Waals surface area contributed by atoms with Crippen molar-refractivity contribution < 1.29 is 0 Å². The Morgan fingerprint density at radius 2 is 1.86 bits per heavy atom. The third-order valence-electron chi connectivity index (χ3n) is 1.80. The second-order valence-electron chi connectivity index (χ2n) is 2.68. The lowest BCUT2D eigenvalue weighted by atomic mass is 10.1. The minimum Gasteiger partial charge on any atom is -0.245 e. The van der Waals surface area contributed by atoms with Gasteiger partial charge in [-0.1, -0.05) is 0 Å². The fourth-order valence-corrected chi connectivity index (χ4v) is 1.09. The van der Waals surface area contributed by atoms with Crippen molar-refractivity contribution in [3.05, 3.63) is 42.5 Å². The van der Waals surface area contributed by atoms with E-state index < -0.39 is 0 Å². The minimum atomic E-state index is 0.413. The van der Waals surface area contributed by atoms with Gasteiger partial charge in [0.25, 0.3) is 0 Å². The zero-order valence-electron chi connectivity index (χ0n) is 7.25. The van der Waals surface area contributed by atoms with E-state index in [2.05, 4.69) is 15.2 Å². The maximum Gasteiger partial charge on any atom is 0.140 e. The van der Waals surface area contributed by atoms with Gasteiger partial charge >= 0.3 is 0 Å². The lowest BCUT2D eigenvalue weighted by Gasteiger charge is -1.98. The Labute approximate surface area is 80.9 Å². The Hall–Kier alpha value is -2.28. The molecule has 0 unspecified atom stereocenters. The fraction of sp³-hybridized carbons (Fsp3) is 0. The van der Waals surface area contributed by atoms with E-state index in [-0.39, 0.29) is 0 Å². The van der Waals surface area contributed by atoms with Crippen LogP contribution >= 0.6 is 0 Å². The molecule has 14 heavy (non-hydrogen) atoms. The van der Waals surface area contributed by atoms with Crippen LogP contribution in [-0.2, 0) is 0 Å². The first-order valence-corrected chi connectivity index (χ1v) is 4.03. The molecule has 0 bridgehead atoms. The first-order valence-electron chi connectivity index (χ1n) is 4.03. The number of aromatic nitrogens is 3. The van der Waals surface area contributed by atoms with Gasteiger partial charge < -0.3 is 0 Å². The van der Waals surface area contributed by atoms with Crippen molar-refractivity contribution in [2.24, 2.45) is 0 Å². The number of nitrogens with zero attached hydrogens (tertiary/aromatic N) is 4. The van der Waals surface area contributed by atoms with E-state index in [9.17, 15) is 0 Å². The quantitative estimate of drug-likeness (QED) is 0.668. The zero-order valence-corrected chi connectivity index (χ0v) is 7.25. The maximum absolute atomic E-state index is 8.56. The molecule has 2 aromatic heterocycles. The van der Waals surface area contributed by atoms with Crippen LogP contribution in [0.3, 0.4) is 0 Å². The third kappa shape index (κ3) is 1.57. The van der Waals surface area contributed by atoms with E-state index in [1.165, 1.54) is 0 Å². The highest BCUT2D eigenvalue weighted by atomic mass is 15.1. The summed E-state index contributed by atoms with van der Waals surface area (Å²) >= 11 is 0. The van der Waals surface area contributed by atoms with Gasteiger partial charge in [-0.2, -0.15) is 15.5 Å². The van der Waals surface area contributed by atoms with Crippen molar-refractivity contribution >= 4 is 0 Å². The molecule has 0 saturated heterocycles. The van der Waals surface area contributed by atoms with Crippen LogP contribution in [0.15, 0.2) is 36.8 Å². The predicted molar refractivity (Wildman–Crippen MR) is 50.0 cm³/mol. The molecule has 4 heteroatoms. The van der Waals surface area contributed by atoms with Crippen molar-refractivity contribution in [1.82, 2.24) is 15.2 Å². The number of hydrogen-bond acceptors (Lipinski definition) is 4. The molecule has 4 nitrogen and oxygen atoms in total. The molecule has 0 aliphatic heterocycles. The fourth-order valence-electron chi connectivity index (χ4n) is 1.09. The monoisotopic (exact) mass is 182 g/mol. The van der Waals surface area contributed by atoms with Gasteiger partial charge in [0.05, 0.1) is 12.4 Å². The first kappa shape index (κ1) is 8.32. The molecule has 0 aromatic carbocycles. The van der Waals surface area contributed by atoms with E-state index in [1.807, 2.05) is 18.2 Å². The summed E-state index contributed by atoms with van der Waals surface area (Å²) in [6, 6.07) is 7.32. The molecule has 0 atom stereocenters. The third-order valence-corrected chi connectivity index (χ3v) is 1.80. The highest BCUT2D eigenvalue weighted by molar-refractivity contribution is 5.60. The highest BCUT2D eigenvalue weighted by Gasteiger charge is 1.97. The van der Waals surface area contributed by atoms with Crippen molar-refractivity contribution in [1.29, 1.82) is 5.26 Å². The molecule has 0 saturated carbocycles. The van der Waals surface area contributed by atoms with Crippen molar-refractivity contribution in [3.63, 3.8) is 0 Å². The van der Waals surface area contributed by atoms with Crippen LogP contribution in [-0.4, -0.2) is 15.2 Å². The summed E-state index contributed by atoms with van der Waals surface area (Å²) in [4.78, 5) is 3.96. The number of hydrogen-bond donors (Lipinski definition) is 0. The maximum atomic E-state index is 8.56. The second-order valence-corrected chi connectivity index (χ2v) is 2.68. The Kier molecular flexibility index (Phi) is 2.15. The van der Waals surface area contributed by atoms with Gasteiger partial charge in [0.2, 0.25) is 0 Å². The van der Waals surface area contributed by atoms with Crippen LogP contribution < -0.4 is 0 Å². The SMILES string of the molecule is N#Cc1ccc(-c2ccnnc2)cn1. The summed E-state index contributed by atoms with van der Waals surface area (Å²) in [6.45, 7) is 0. The summed E-state index contributed by atoms with van der Waals surface area (Å²) < 4.78 is 0. The van der Waals surface area contributed by atoms with Gasteiger partial charge in [-0.3, -0.25) is 0 Å². The second kappa shape index (κ2) is 3.62. The normalized spacial score (nSPS) is 9.36. The van der Waals surface area contributed by atoms with E-state index in [0.717, 1.165) is 11.1 Å². The molecule has 2 rings (SSSR count). The van der Waals surface area contributed by atoms with E-state index in [1.54, 1.807) is 24.7 Å². The van der Waals surface area contributed by atoms with Gasteiger partial charge in [-0.25, -0.2) is 4.98 Å². The summed E-state index contributed by atoms with van der Waals surface area (Å²) in [6.07, 6.45) is 4.92. The average molecular weight is 182 g/mol. The lowest BCUT2D eigenvalue weighted by Crippen LogP contribution is -1.85. The smallest absolute Gasteiger partial charge is 0.140 e. The van der Waals surface area contributed by atoms with Crippen LogP contribution in [0, 0.1) is 11.3 Å². The standard InChI is InChI=1S/C10H6N4/c11-5-10-2-1-8(6-12-10)9-3-4-13-14-7-9/h1-4,6-7H. The number of nitriles is 1. The summed E-state index contributed by atoms with van der Waals surface area (Å²) in [5, 5.41) is 16.0. The molecule has 0 spiro atoms. The van der Waals surface area contributed by atoms with Crippen LogP contribution in [0.2, 0.25) is 0 Å². The molecule has 0 N–H and O–H groups in total. The summed E-state index contributed by atoms with van der Waals surface area (Å²) in [7, 11) is 0. The summed E-state index contributed by atoms with van der Waals surface area (Å²) in [5.41, 5.74) is 2.28.